The minimum Gasteiger partial charge on any atom is -0.397 e. The first kappa shape index (κ1) is 13.6. The van der Waals surface area contributed by atoms with Gasteiger partial charge >= 0.3 is 0 Å². The molecular formula is C13H18BrFN2O. The second kappa shape index (κ2) is 5.89. The number of nitrogens with one attached hydrogen (secondary N) is 1. The zero-order chi connectivity index (χ0) is 13.1. The molecule has 1 aliphatic rings. The number of halogens is 2. The highest BCUT2D eigenvalue weighted by Crippen LogP contribution is 2.31. The van der Waals surface area contributed by atoms with Crippen LogP contribution < -0.4 is 11.1 Å². The molecule has 1 saturated carbocycles. The summed E-state index contributed by atoms with van der Waals surface area (Å²) < 4.78 is 13.7. The summed E-state index contributed by atoms with van der Waals surface area (Å²) in [6.07, 6.45) is 4.35. The maximum absolute atomic E-state index is 13.3. The molecule has 0 spiro atoms. The molecule has 2 rings (SSSR count). The fraction of sp³-hybridized carbons (Fsp3) is 0.538. The molecular weight excluding hydrogens is 299 g/mol. The molecule has 1 aromatic carbocycles. The van der Waals surface area contributed by atoms with Gasteiger partial charge in [0.25, 0.3) is 0 Å². The van der Waals surface area contributed by atoms with E-state index in [1.165, 1.54) is 6.07 Å². The summed E-state index contributed by atoms with van der Waals surface area (Å²) in [6.45, 7) is 0.180. The molecule has 0 heterocycles. The molecule has 5 heteroatoms. The Labute approximate surface area is 115 Å². The van der Waals surface area contributed by atoms with E-state index in [1.807, 2.05) is 0 Å². The number of hydrogen-bond acceptors (Lipinski definition) is 3. The fourth-order valence-corrected chi connectivity index (χ4v) is 2.85. The van der Waals surface area contributed by atoms with E-state index < -0.39 is 0 Å². The molecule has 1 aliphatic carbocycles. The molecule has 3 nitrogen and oxygen atoms in total. The van der Waals surface area contributed by atoms with E-state index in [9.17, 15) is 9.50 Å². The second-order valence-electron chi connectivity index (χ2n) is 4.83. The predicted octanol–water partition coefficient (Wildman–Crippen LogP) is 3.13. The predicted molar refractivity (Wildman–Crippen MR) is 75.0 cm³/mol. The maximum atomic E-state index is 13.3. The zero-order valence-electron chi connectivity index (χ0n) is 10.1. The van der Waals surface area contributed by atoms with Crippen molar-refractivity contribution in [2.24, 2.45) is 5.92 Å². The van der Waals surface area contributed by atoms with Crippen molar-refractivity contribution in [3.05, 3.63) is 22.4 Å². The Hall–Kier alpha value is -0.810. The molecule has 1 aromatic rings. The average Bonchev–Trinajstić information content (AvgIpc) is 2.36. The molecule has 0 amide bonds. The topological polar surface area (TPSA) is 58.3 Å². The Balaban J connectivity index is 2.15. The number of rotatable bonds is 3. The Morgan fingerprint density at radius 1 is 1.39 bits per heavy atom. The molecule has 0 saturated heterocycles. The van der Waals surface area contributed by atoms with Crippen molar-refractivity contribution >= 4 is 27.3 Å². The molecule has 100 valence electrons. The van der Waals surface area contributed by atoms with Crippen molar-refractivity contribution in [3.63, 3.8) is 0 Å². The van der Waals surface area contributed by atoms with Crippen molar-refractivity contribution in [1.29, 1.82) is 0 Å². The minimum atomic E-state index is -0.361. The van der Waals surface area contributed by atoms with Gasteiger partial charge in [-0.1, -0.05) is 12.8 Å². The third-order valence-electron chi connectivity index (χ3n) is 3.58. The summed E-state index contributed by atoms with van der Waals surface area (Å²) in [7, 11) is 0. The standard InChI is InChI=1S/C13H18BrFN2O/c14-9-5-13(11(16)6-10(9)15)17-12-4-2-1-3-8(12)7-18/h5-6,8,12,17-18H,1-4,7,16H2. The van der Waals surface area contributed by atoms with Gasteiger partial charge in [-0.05, 0) is 34.8 Å². The zero-order valence-corrected chi connectivity index (χ0v) is 11.7. The largest absolute Gasteiger partial charge is 0.397 e. The van der Waals surface area contributed by atoms with Crippen molar-refractivity contribution in [1.82, 2.24) is 0 Å². The molecule has 18 heavy (non-hydrogen) atoms. The van der Waals surface area contributed by atoms with E-state index in [-0.39, 0.29) is 24.4 Å². The smallest absolute Gasteiger partial charge is 0.139 e. The van der Waals surface area contributed by atoms with Crippen molar-refractivity contribution in [2.45, 2.75) is 31.7 Å². The lowest BCUT2D eigenvalue weighted by Crippen LogP contribution is -2.34. The van der Waals surface area contributed by atoms with Crippen LogP contribution in [0.5, 0.6) is 0 Å². The number of hydrogen-bond donors (Lipinski definition) is 3. The lowest BCUT2D eigenvalue weighted by molar-refractivity contribution is 0.178. The van der Waals surface area contributed by atoms with Gasteiger partial charge in [0.05, 0.1) is 15.8 Å². The number of aliphatic hydroxyl groups is 1. The maximum Gasteiger partial charge on any atom is 0.139 e. The highest BCUT2D eigenvalue weighted by molar-refractivity contribution is 9.10. The van der Waals surface area contributed by atoms with Crippen molar-refractivity contribution in [2.75, 3.05) is 17.7 Å². The quantitative estimate of drug-likeness (QED) is 0.751. The number of benzene rings is 1. The molecule has 2 atom stereocenters. The Kier molecular flexibility index (Phi) is 4.45. The first-order chi connectivity index (χ1) is 8.61. The Morgan fingerprint density at radius 3 is 2.83 bits per heavy atom. The van der Waals surface area contributed by atoms with Crippen LogP contribution in [0.25, 0.3) is 0 Å². The van der Waals surface area contributed by atoms with Crippen LogP contribution in [0, 0.1) is 11.7 Å². The van der Waals surface area contributed by atoms with Crippen LogP contribution in [0.4, 0.5) is 15.8 Å². The molecule has 2 unspecified atom stereocenters. The number of nitrogens with two attached hydrogens (primary N) is 1. The van der Waals surface area contributed by atoms with E-state index >= 15 is 0 Å². The number of aliphatic hydroxyl groups excluding tert-OH is 1. The van der Waals surface area contributed by atoms with Gasteiger partial charge < -0.3 is 16.2 Å². The van der Waals surface area contributed by atoms with Crippen LogP contribution in [-0.4, -0.2) is 17.8 Å². The summed E-state index contributed by atoms with van der Waals surface area (Å²) in [5.41, 5.74) is 6.94. The van der Waals surface area contributed by atoms with Crippen LogP contribution in [0.3, 0.4) is 0 Å². The molecule has 4 N–H and O–H groups in total. The monoisotopic (exact) mass is 316 g/mol. The normalized spacial score (nSPS) is 23.9. The highest BCUT2D eigenvalue weighted by Gasteiger charge is 2.24. The first-order valence-electron chi connectivity index (χ1n) is 6.23. The SMILES string of the molecule is Nc1cc(F)c(Br)cc1NC1CCCCC1CO. The van der Waals surface area contributed by atoms with Gasteiger partial charge in [0, 0.05) is 24.6 Å². The summed E-state index contributed by atoms with van der Waals surface area (Å²) in [5, 5.41) is 12.7. The van der Waals surface area contributed by atoms with Crippen LogP contribution in [-0.2, 0) is 0 Å². The summed E-state index contributed by atoms with van der Waals surface area (Å²) >= 11 is 3.16. The van der Waals surface area contributed by atoms with Gasteiger partial charge in [-0.3, -0.25) is 0 Å². The fourth-order valence-electron chi connectivity index (χ4n) is 2.50. The molecule has 1 fully saturated rings. The first-order valence-corrected chi connectivity index (χ1v) is 7.03. The third-order valence-corrected chi connectivity index (χ3v) is 4.18. The third kappa shape index (κ3) is 2.95. The van der Waals surface area contributed by atoms with Gasteiger partial charge in [-0.2, -0.15) is 0 Å². The van der Waals surface area contributed by atoms with Crippen molar-refractivity contribution < 1.29 is 9.50 Å². The van der Waals surface area contributed by atoms with Gasteiger partial charge in [-0.15, -0.1) is 0 Å². The Morgan fingerprint density at radius 2 is 2.11 bits per heavy atom. The number of nitrogen functional groups attached to an aromatic ring is 1. The van der Waals surface area contributed by atoms with E-state index in [1.54, 1.807) is 6.07 Å². The highest BCUT2D eigenvalue weighted by atomic mass is 79.9. The minimum absolute atomic E-state index is 0.180. The second-order valence-corrected chi connectivity index (χ2v) is 5.69. The van der Waals surface area contributed by atoms with Crippen LogP contribution in [0.2, 0.25) is 0 Å². The van der Waals surface area contributed by atoms with Crippen LogP contribution in [0.15, 0.2) is 16.6 Å². The van der Waals surface area contributed by atoms with Gasteiger partial charge in [-0.25, -0.2) is 4.39 Å². The lowest BCUT2D eigenvalue weighted by Gasteiger charge is -2.32. The summed E-state index contributed by atoms with van der Waals surface area (Å²) in [4.78, 5) is 0. The van der Waals surface area contributed by atoms with Gasteiger partial charge in [0.15, 0.2) is 0 Å². The number of anilines is 2. The van der Waals surface area contributed by atoms with E-state index in [4.69, 9.17) is 5.73 Å². The average molecular weight is 317 g/mol. The molecule has 0 radical (unpaired) electrons. The lowest BCUT2D eigenvalue weighted by atomic mass is 9.85. The van der Waals surface area contributed by atoms with Gasteiger partial charge in [0.2, 0.25) is 0 Å². The molecule has 0 aromatic heterocycles. The van der Waals surface area contributed by atoms with Crippen molar-refractivity contribution in [3.8, 4) is 0 Å². The van der Waals surface area contributed by atoms with E-state index in [2.05, 4.69) is 21.2 Å². The Bertz CT molecular complexity index is 428. The molecule has 0 bridgehead atoms. The summed E-state index contributed by atoms with van der Waals surface area (Å²) in [5.74, 6) is -0.109. The van der Waals surface area contributed by atoms with Crippen LogP contribution >= 0.6 is 15.9 Å². The molecule has 0 aliphatic heterocycles. The summed E-state index contributed by atoms with van der Waals surface area (Å²) in [6, 6.07) is 3.18. The van der Waals surface area contributed by atoms with Gasteiger partial charge in [0.1, 0.15) is 5.82 Å². The van der Waals surface area contributed by atoms with E-state index in [0.717, 1.165) is 31.4 Å². The van der Waals surface area contributed by atoms with Crippen LogP contribution in [0.1, 0.15) is 25.7 Å². The van der Waals surface area contributed by atoms with E-state index in [0.29, 0.717) is 10.2 Å².